The highest BCUT2D eigenvalue weighted by molar-refractivity contribution is 6.22. The molecule has 0 radical (unpaired) electrons. The third kappa shape index (κ3) is 4.22. The molecular formula is C13H16Cl2N2O4. The highest BCUT2D eigenvalue weighted by Crippen LogP contribution is 2.31. The molecule has 0 saturated heterocycles. The lowest BCUT2D eigenvalue weighted by molar-refractivity contribution is -0.385. The number of alkyl halides is 2. The van der Waals surface area contributed by atoms with Gasteiger partial charge in [0, 0.05) is 17.8 Å². The van der Waals surface area contributed by atoms with Gasteiger partial charge in [0.05, 0.1) is 22.6 Å². The molecule has 0 aromatic heterocycles. The SMILES string of the molecule is CCOc1c(C(=O)NC(C)(CCl)CCl)cccc1[N+](=O)[O-]. The summed E-state index contributed by atoms with van der Waals surface area (Å²) < 4.78 is 5.26. The van der Waals surface area contributed by atoms with E-state index in [0.29, 0.717) is 0 Å². The van der Waals surface area contributed by atoms with Crippen molar-refractivity contribution in [1.29, 1.82) is 0 Å². The van der Waals surface area contributed by atoms with Crippen LogP contribution in [-0.4, -0.2) is 34.7 Å². The monoisotopic (exact) mass is 334 g/mol. The zero-order valence-electron chi connectivity index (χ0n) is 11.7. The first-order valence-corrected chi connectivity index (χ1v) is 7.30. The van der Waals surface area contributed by atoms with Crippen molar-refractivity contribution < 1.29 is 14.5 Å². The van der Waals surface area contributed by atoms with Gasteiger partial charge in [-0.3, -0.25) is 14.9 Å². The van der Waals surface area contributed by atoms with Gasteiger partial charge in [-0.1, -0.05) is 6.07 Å². The van der Waals surface area contributed by atoms with Crippen LogP contribution in [0.3, 0.4) is 0 Å². The number of halogens is 2. The normalized spacial score (nSPS) is 11.0. The Bertz CT molecular complexity index is 533. The van der Waals surface area contributed by atoms with Crippen LogP contribution in [0, 0.1) is 10.1 Å². The van der Waals surface area contributed by atoms with E-state index in [-0.39, 0.29) is 35.4 Å². The Morgan fingerprint density at radius 2 is 2.05 bits per heavy atom. The summed E-state index contributed by atoms with van der Waals surface area (Å²) in [5.41, 5.74) is -0.996. The van der Waals surface area contributed by atoms with Crippen molar-refractivity contribution in [3.8, 4) is 5.75 Å². The van der Waals surface area contributed by atoms with Gasteiger partial charge < -0.3 is 10.1 Å². The third-order valence-corrected chi connectivity index (χ3v) is 3.91. The summed E-state index contributed by atoms with van der Waals surface area (Å²) in [5.74, 6) is -0.359. The molecule has 1 aromatic carbocycles. The first-order chi connectivity index (χ1) is 9.88. The van der Waals surface area contributed by atoms with Crippen molar-refractivity contribution in [2.45, 2.75) is 19.4 Å². The van der Waals surface area contributed by atoms with Gasteiger partial charge in [0.15, 0.2) is 0 Å². The Balaban J connectivity index is 3.20. The lowest BCUT2D eigenvalue weighted by Gasteiger charge is -2.26. The van der Waals surface area contributed by atoms with E-state index in [9.17, 15) is 14.9 Å². The molecule has 0 aliphatic carbocycles. The number of ether oxygens (including phenoxy) is 1. The molecule has 1 N–H and O–H groups in total. The second-order valence-electron chi connectivity index (χ2n) is 4.63. The van der Waals surface area contributed by atoms with Gasteiger partial charge in [0.25, 0.3) is 5.91 Å². The number of nitro groups is 1. The maximum absolute atomic E-state index is 12.3. The van der Waals surface area contributed by atoms with E-state index in [4.69, 9.17) is 27.9 Å². The summed E-state index contributed by atoms with van der Waals surface area (Å²) in [6.45, 7) is 3.57. The molecule has 0 bridgehead atoms. The summed E-state index contributed by atoms with van der Waals surface area (Å²) in [4.78, 5) is 22.7. The molecule has 0 unspecified atom stereocenters. The predicted octanol–water partition coefficient (Wildman–Crippen LogP) is 2.96. The fraction of sp³-hybridized carbons (Fsp3) is 0.462. The van der Waals surface area contributed by atoms with E-state index in [1.165, 1.54) is 18.2 Å². The molecule has 0 fully saturated rings. The molecule has 1 rings (SSSR count). The average Bonchev–Trinajstić information content (AvgIpc) is 2.47. The van der Waals surface area contributed by atoms with Gasteiger partial charge in [-0.25, -0.2) is 0 Å². The minimum absolute atomic E-state index is 0.0611. The molecule has 0 saturated carbocycles. The molecule has 0 heterocycles. The molecule has 21 heavy (non-hydrogen) atoms. The van der Waals surface area contributed by atoms with Crippen molar-refractivity contribution >= 4 is 34.8 Å². The van der Waals surface area contributed by atoms with Crippen molar-refractivity contribution in [2.24, 2.45) is 0 Å². The Morgan fingerprint density at radius 3 is 2.52 bits per heavy atom. The molecule has 6 nitrogen and oxygen atoms in total. The van der Waals surface area contributed by atoms with Crippen LogP contribution in [0.5, 0.6) is 5.75 Å². The first-order valence-electron chi connectivity index (χ1n) is 6.23. The molecule has 0 aliphatic heterocycles. The lowest BCUT2D eigenvalue weighted by atomic mass is 10.1. The summed E-state index contributed by atoms with van der Waals surface area (Å²) in [5, 5.41) is 13.7. The fourth-order valence-electron chi connectivity index (χ4n) is 1.59. The van der Waals surface area contributed by atoms with Crippen molar-refractivity contribution in [2.75, 3.05) is 18.4 Å². The Labute approximate surface area is 132 Å². The number of benzene rings is 1. The highest BCUT2D eigenvalue weighted by Gasteiger charge is 2.29. The van der Waals surface area contributed by atoms with Crippen LogP contribution in [0.4, 0.5) is 5.69 Å². The minimum atomic E-state index is -0.811. The van der Waals surface area contributed by atoms with Crippen LogP contribution in [-0.2, 0) is 0 Å². The van der Waals surface area contributed by atoms with Crippen molar-refractivity contribution in [3.05, 3.63) is 33.9 Å². The van der Waals surface area contributed by atoms with E-state index in [2.05, 4.69) is 5.32 Å². The number of nitrogens with one attached hydrogen (secondary N) is 1. The van der Waals surface area contributed by atoms with E-state index >= 15 is 0 Å². The summed E-state index contributed by atoms with van der Waals surface area (Å²) in [6.07, 6.45) is 0. The average molecular weight is 335 g/mol. The molecule has 8 heteroatoms. The van der Waals surface area contributed by atoms with Crippen LogP contribution >= 0.6 is 23.2 Å². The van der Waals surface area contributed by atoms with E-state index < -0.39 is 16.4 Å². The quantitative estimate of drug-likeness (QED) is 0.472. The van der Waals surface area contributed by atoms with Crippen LogP contribution in [0.2, 0.25) is 0 Å². The molecule has 0 spiro atoms. The fourth-order valence-corrected chi connectivity index (χ4v) is 2.01. The number of amides is 1. The maximum Gasteiger partial charge on any atom is 0.311 e. The molecule has 1 amide bonds. The van der Waals surface area contributed by atoms with Crippen molar-refractivity contribution in [3.63, 3.8) is 0 Å². The molecule has 1 aromatic rings. The number of nitrogens with zero attached hydrogens (tertiary/aromatic N) is 1. The number of rotatable bonds is 7. The highest BCUT2D eigenvalue weighted by atomic mass is 35.5. The van der Waals surface area contributed by atoms with E-state index in [1.54, 1.807) is 13.8 Å². The van der Waals surface area contributed by atoms with E-state index in [0.717, 1.165) is 0 Å². The molecular weight excluding hydrogens is 319 g/mol. The largest absolute Gasteiger partial charge is 0.487 e. The third-order valence-electron chi connectivity index (χ3n) is 2.73. The minimum Gasteiger partial charge on any atom is -0.487 e. The molecule has 0 aliphatic rings. The van der Waals surface area contributed by atoms with Gasteiger partial charge >= 0.3 is 5.69 Å². The number of carbonyl (C=O) groups is 1. The predicted molar refractivity (Wildman–Crippen MR) is 81.6 cm³/mol. The van der Waals surface area contributed by atoms with E-state index in [1.807, 2.05) is 0 Å². The van der Waals surface area contributed by atoms with Crippen molar-refractivity contribution in [1.82, 2.24) is 5.32 Å². The zero-order chi connectivity index (χ0) is 16.0. The second kappa shape index (κ2) is 7.47. The number of hydrogen-bond acceptors (Lipinski definition) is 4. The van der Waals surface area contributed by atoms with Crippen LogP contribution in [0.25, 0.3) is 0 Å². The van der Waals surface area contributed by atoms with Crippen LogP contribution in [0.15, 0.2) is 18.2 Å². The lowest BCUT2D eigenvalue weighted by Crippen LogP contribution is -2.49. The van der Waals surface area contributed by atoms with Crippen LogP contribution in [0.1, 0.15) is 24.2 Å². The summed E-state index contributed by atoms with van der Waals surface area (Å²) >= 11 is 11.6. The van der Waals surface area contributed by atoms with Gasteiger partial charge in [0.2, 0.25) is 5.75 Å². The number of para-hydroxylation sites is 1. The number of carbonyl (C=O) groups excluding carboxylic acids is 1. The number of nitro benzene ring substituents is 1. The van der Waals surface area contributed by atoms with Gasteiger partial charge in [0.1, 0.15) is 0 Å². The molecule has 0 atom stereocenters. The van der Waals surface area contributed by atoms with Crippen LogP contribution < -0.4 is 10.1 Å². The maximum atomic E-state index is 12.3. The van der Waals surface area contributed by atoms with Gasteiger partial charge in [-0.2, -0.15) is 0 Å². The van der Waals surface area contributed by atoms with Gasteiger partial charge in [-0.05, 0) is 19.9 Å². The number of hydrogen-bond donors (Lipinski definition) is 1. The Morgan fingerprint density at radius 1 is 1.43 bits per heavy atom. The smallest absolute Gasteiger partial charge is 0.311 e. The Hall–Kier alpha value is -1.53. The first kappa shape index (κ1) is 17.5. The topological polar surface area (TPSA) is 81.5 Å². The van der Waals surface area contributed by atoms with Gasteiger partial charge in [-0.15, -0.1) is 23.2 Å². The summed E-state index contributed by atoms with van der Waals surface area (Å²) in [7, 11) is 0. The zero-order valence-corrected chi connectivity index (χ0v) is 13.2. The Kier molecular flexibility index (Phi) is 6.23. The standard InChI is InChI=1S/C13H16Cl2N2O4/c1-3-21-11-9(5-4-6-10(11)17(19)20)12(18)16-13(2,7-14)8-15/h4-6H,3,7-8H2,1-2H3,(H,16,18). The summed E-state index contributed by atoms with van der Waals surface area (Å²) in [6, 6.07) is 4.16. The second-order valence-corrected chi connectivity index (χ2v) is 5.16. The molecule has 116 valence electrons.